The van der Waals surface area contributed by atoms with Crippen LogP contribution in [0.4, 0.5) is 0 Å². The van der Waals surface area contributed by atoms with Crippen LogP contribution in [0.15, 0.2) is 18.2 Å². The molecule has 6 N–H and O–H groups in total. The molecular formula is C26H29NO9. The zero-order valence-electron chi connectivity index (χ0n) is 20.1. The average molecular weight is 500 g/mol. The molecule has 1 fully saturated rings. The predicted molar refractivity (Wildman–Crippen MR) is 125 cm³/mol. The number of benzene rings is 2. The number of ketones is 2. The van der Waals surface area contributed by atoms with Crippen molar-refractivity contribution in [3.05, 3.63) is 51.6 Å². The molecule has 1 heterocycles. The van der Waals surface area contributed by atoms with E-state index in [2.05, 4.69) is 0 Å². The lowest BCUT2D eigenvalue weighted by Crippen LogP contribution is -2.52. The summed E-state index contributed by atoms with van der Waals surface area (Å²) < 4.78 is 17.1. The first kappa shape index (κ1) is 24.7. The molecule has 192 valence electrons. The van der Waals surface area contributed by atoms with Crippen LogP contribution in [0.3, 0.4) is 0 Å². The lowest BCUT2D eigenvalue weighted by Gasteiger charge is -2.41. The Morgan fingerprint density at radius 1 is 1.11 bits per heavy atom. The molecule has 4 unspecified atom stereocenters. The molecule has 0 saturated carbocycles. The van der Waals surface area contributed by atoms with Gasteiger partial charge in [0.2, 0.25) is 5.78 Å². The number of carbonyl (C=O) groups is 2. The molecule has 3 aliphatic rings. The molecule has 0 aromatic heterocycles. The number of hydrogen-bond donors (Lipinski definition) is 5. The summed E-state index contributed by atoms with van der Waals surface area (Å²) in [6, 6.07) is 3.94. The minimum atomic E-state index is -1.36. The van der Waals surface area contributed by atoms with Crippen molar-refractivity contribution < 1.29 is 44.2 Å². The van der Waals surface area contributed by atoms with Gasteiger partial charge in [0, 0.05) is 42.0 Å². The Morgan fingerprint density at radius 2 is 1.81 bits per heavy atom. The second-order valence-corrected chi connectivity index (χ2v) is 10.0. The number of phenols is 2. The molecule has 0 radical (unpaired) electrons. The third-order valence-electron chi connectivity index (χ3n) is 7.33. The number of phenolic OH excluding ortho intramolecular Hbond substituents is 2. The monoisotopic (exact) mass is 499 g/mol. The van der Waals surface area contributed by atoms with E-state index in [1.807, 2.05) is 0 Å². The first-order chi connectivity index (χ1) is 16.9. The predicted octanol–water partition coefficient (Wildman–Crippen LogP) is 1.46. The van der Waals surface area contributed by atoms with Crippen LogP contribution in [0, 0.1) is 0 Å². The summed E-state index contributed by atoms with van der Waals surface area (Å²) in [6.07, 6.45) is -3.28. The molecule has 2 aromatic rings. The zero-order chi connectivity index (χ0) is 26.1. The van der Waals surface area contributed by atoms with Crippen LogP contribution < -0.4 is 10.5 Å². The summed E-state index contributed by atoms with van der Waals surface area (Å²) in [5.74, 6) is -2.12. The molecule has 6 atom stereocenters. The topological polar surface area (TPSA) is 169 Å². The number of hydrogen-bond acceptors (Lipinski definition) is 10. The van der Waals surface area contributed by atoms with Crippen molar-refractivity contribution in [2.24, 2.45) is 5.73 Å². The van der Waals surface area contributed by atoms with Gasteiger partial charge in [-0.05, 0) is 19.9 Å². The number of aliphatic hydroxyl groups excluding tert-OH is 1. The SMILES string of the molecule is COc1cccc2c1C(=O)c1c(O)c3c(c(O)c1C2=O)C[C@](C)(O)C[C@@H]3OC1CC(N)C(O)C(C)O1. The number of aromatic hydroxyl groups is 2. The van der Waals surface area contributed by atoms with Crippen LogP contribution in [0.1, 0.15) is 75.8 Å². The van der Waals surface area contributed by atoms with Gasteiger partial charge in [-0.2, -0.15) is 0 Å². The number of ether oxygens (including phenoxy) is 3. The second kappa shape index (κ2) is 8.53. The maximum absolute atomic E-state index is 13.6. The number of rotatable bonds is 3. The quantitative estimate of drug-likeness (QED) is 0.333. The molecule has 2 aromatic carbocycles. The molecule has 1 saturated heterocycles. The number of nitrogens with two attached hydrogens (primary N) is 1. The minimum absolute atomic E-state index is 0.00294. The summed E-state index contributed by atoms with van der Waals surface area (Å²) in [7, 11) is 1.37. The molecule has 0 spiro atoms. The summed E-state index contributed by atoms with van der Waals surface area (Å²) in [5, 5.41) is 43.7. The number of fused-ring (bicyclic) bond motifs is 3. The molecule has 36 heavy (non-hydrogen) atoms. The van der Waals surface area contributed by atoms with E-state index in [-0.39, 0.29) is 58.4 Å². The van der Waals surface area contributed by atoms with Gasteiger partial charge < -0.3 is 40.4 Å². The highest BCUT2D eigenvalue weighted by Gasteiger charge is 2.46. The van der Waals surface area contributed by atoms with E-state index in [1.165, 1.54) is 19.2 Å². The fourth-order valence-electron chi connectivity index (χ4n) is 5.57. The highest BCUT2D eigenvalue weighted by atomic mass is 16.7. The first-order valence-corrected chi connectivity index (χ1v) is 11.8. The van der Waals surface area contributed by atoms with Gasteiger partial charge in [0.25, 0.3) is 0 Å². The Balaban J connectivity index is 1.65. The van der Waals surface area contributed by atoms with Gasteiger partial charge in [-0.1, -0.05) is 12.1 Å². The maximum atomic E-state index is 13.6. The van der Waals surface area contributed by atoms with E-state index in [0.717, 1.165) is 0 Å². The average Bonchev–Trinajstić information content (AvgIpc) is 2.81. The maximum Gasteiger partial charge on any atom is 0.202 e. The van der Waals surface area contributed by atoms with Gasteiger partial charge in [-0.3, -0.25) is 9.59 Å². The Hall–Kier alpha value is -3.02. The largest absolute Gasteiger partial charge is 0.507 e. The van der Waals surface area contributed by atoms with Crippen molar-refractivity contribution in [3.8, 4) is 17.2 Å². The third-order valence-corrected chi connectivity index (χ3v) is 7.33. The van der Waals surface area contributed by atoms with E-state index < -0.39 is 59.3 Å². The first-order valence-electron chi connectivity index (χ1n) is 11.8. The summed E-state index contributed by atoms with van der Waals surface area (Å²) in [5.41, 5.74) is 4.27. The normalized spacial score (nSPS) is 31.4. The van der Waals surface area contributed by atoms with Gasteiger partial charge in [0.05, 0.1) is 47.7 Å². The van der Waals surface area contributed by atoms with Crippen molar-refractivity contribution in [1.82, 2.24) is 0 Å². The van der Waals surface area contributed by atoms with Crippen molar-refractivity contribution in [1.29, 1.82) is 0 Å². The summed E-state index contributed by atoms with van der Waals surface area (Å²) in [4.78, 5) is 27.0. The van der Waals surface area contributed by atoms with Gasteiger partial charge in [0.1, 0.15) is 17.2 Å². The Labute approximate surface area is 207 Å². The van der Waals surface area contributed by atoms with Gasteiger partial charge >= 0.3 is 0 Å². The molecule has 5 rings (SSSR count). The van der Waals surface area contributed by atoms with E-state index in [1.54, 1.807) is 19.9 Å². The highest BCUT2D eigenvalue weighted by Crippen LogP contribution is 2.52. The van der Waals surface area contributed by atoms with Crippen LogP contribution in [-0.2, 0) is 15.9 Å². The summed E-state index contributed by atoms with van der Waals surface area (Å²) >= 11 is 0. The molecule has 0 bridgehead atoms. The van der Waals surface area contributed by atoms with Crippen LogP contribution in [0.5, 0.6) is 17.2 Å². The van der Waals surface area contributed by atoms with E-state index in [9.17, 15) is 30.0 Å². The molecular weight excluding hydrogens is 470 g/mol. The van der Waals surface area contributed by atoms with E-state index in [4.69, 9.17) is 19.9 Å². The van der Waals surface area contributed by atoms with Crippen LogP contribution in [-0.4, -0.2) is 69.2 Å². The van der Waals surface area contributed by atoms with Crippen LogP contribution >= 0.6 is 0 Å². The van der Waals surface area contributed by atoms with Crippen LogP contribution in [0.25, 0.3) is 0 Å². The van der Waals surface area contributed by atoms with E-state index in [0.29, 0.717) is 0 Å². The molecule has 10 nitrogen and oxygen atoms in total. The Kier molecular flexibility index (Phi) is 5.85. The standard InChI is InChI=1S/C26H29NO9/c1-10-21(28)13(27)7-16(35-10)36-15-9-26(2,33)8-12-18(15)25(32)20-19(23(12)30)22(29)11-5-4-6-14(34-3)17(11)24(20)31/h4-6,10,13,15-16,21,28,30,32-33H,7-9,27H2,1-3H3/t10?,13?,15-,16?,21?,26-/m0/s1. The molecule has 2 aliphatic carbocycles. The fourth-order valence-corrected chi connectivity index (χ4v) is 5.57. The Morgan fingerprint density at radius 3 is 2.47 bits per heavy atom. The fraction of sp³-hybridized carbons (Fsp3) is 0.462. The lowest BCUT2D eigenvalue weighted by atomic mass is 9.73. The molecule has 10 heteroatoms. The van der Waals surface area contributed by atoms with Gasteiger partial charge in [0.15, 0.2) is 12.1 Å². The number of carbonyl (C=O) groups excluding carboxylic acids is 2. The zero-order valence-corrected chi connectivity index (χ0v) is 20.1. The van der Waals surface area contributed by atoms with Gasteiger partial charge in [-0.25, -0.2) is 0 Å². The van der Waals surface area contributed by atoms with Crippen molar-refractivity contribution >= 4 is 11.6 Å². The number of aliphatic hydroxyl groups is 2. The third kappa shape index (κ3) is 3.68. The molecule has 1 aliphatic heterocycles. The smallest absolute Gasteiger partial charge is 0.202 e. The van der Waals surface area contributed by atoms with Crippen molar-refractivity contribution in [2.75, 3.05) is 7.11 Å². The van der Waals surface area contributed by atoms with Crippen LogP contribution in [0.2, 0.25) is 0 Å². The highest BCUT2D eigenvalue weighted by molar-refractivity contribution is 6.31. The van der Waals surface area contributed by atoms with E-state index >= 15 is 0 Å². The lowest BCUT2D eigenvalue weighted by molar-refractivity contribution is -0.247. The second-order valence-electron chi connectivity index (χ2n) is 10.0. The molecule has 0 amide bonds. The number of methoxy groups -OCH3 is 1. The minimum Gasteiger partial charge on any atom is -0.507 e. The van der Waals surface area contributed by atoms with Crippen molar-refractivity contribution in [2.45, 2.75) is 69.4 Å². The van der Waals surface area contributed by atoms with Gasteiger partial charge in [-0.15, -0.1) is 0 Å². The van der Waals surface area contributed by atoms with Crippen molar-refractivity contribution in [3.63, 3.8) is 0 Å². The summed E-state index contributed by atoms with van der Waals surface area (Å²) in [6.45, 7) is 3.20. The Bertz CT molecular complexity index is 1260.